The number of hydrogen-bond donors (Lipinski definition) is 0. The topological polar surface area (TPSA) is 0 Å². The summed E-state index contributed by atoms with van der Waals surface area (Å²) in [6.45, 7) is 7.07. The first-order chi connectivity index (χ1) is 5.74. The normalized spacial score (nSPS) is 38.4. The zero-order chi connectivity index (χ0) is 8.97. The molecular weight excluding hydrogens is 143 g/mol. The van der Waals surface area contributed by atoms with Crippen LogP contribution >= 0.6 is 0 Å². The molecule has 0 N–H and O–H groups in total. The molecule has 1 aliphatic carbocycles. The van der Waals surface area contributed by atoms with Gasteiger partial charge in [0, 0.05) is 0 Å². The molecule has 1 fully saturated rings. The van der Waals surface area contributed by atoms with E-state index in [2.05, 4.69) is 28.0 Å². The number of rotatable bonds is 1. The molecule has 3 unspecified atom stereocenters. The van der Waals surface area contributed by atoms with Gasteiger partial charge in [-0.3, -0.25) is 0 Å². The van der Waals surface area contributed by atoms with Gasteiger partial charge in [-0.2, -0.15) is 0 Å². The Morgan fingerprint density at radius 2 is 1.67 bits per heavy atom. The van der Waals surface area contributed by atoms with Crippen LogP contribution < -0.4 is 0 Å². The molecule has 0 heterocycles. The summed E-state index contributed by atoms with van der Waals surface area (Å²) in [4.78, 5) is 0. The Kier molecular flexibility index (Phi) is 4.18. The Hall–Kier alpha value is 0.0649. The minimum atomic E-state index is 0.905. The van der Waals surface area contributed by atoms with Crippen LogP contribution in [0.15, 0.2) is 0 Å². The van der Waals surface area contributed by atoms with Crippen LogP contribution in [-0.4, -0.2) is 7.28 Å². The van der Waals surface area contributed by atoms with E-state index in [1.165, 1.54) is 32.1 Å². The standard InChI is InChI=1S/C11H22B/c1-9-6-4-5-7-11(12-3)8-10(9)2/h9-11H,4-8H2,1-3H3. The molecule has 12 heavy (non-hydrogen) atoms. The number of hydrogen-bond acceptors (Lipinski definition) is 0. The van der Waals surface area contributed by atoms with Crippen LogP contribution in [0.1, 0.15) is 46.0 Å². The zero-order valence-corrected chi connectivity index (χ0v) is 8.84. The average Bonchev–Trinajstić information content (AvgIpc) is 2.06. The fourth-order valence-corrected chi connectivity index (χ4v) is 2.29. The van der Waals surface area contributed by atoms with Crippen molar-refractivity contribution in [3.05, 3.63) is 0 Å². The highest BCUT2D eigenvalue weighted by molar-refractivity contribution is 6.35. The molecule has 0 aromatic rings. The highest BCUT2D eigenvalue weighted by atomic mass is 14.2. The molecule has 0 amide bonds. The largest absolute Gasteiger partial charge is 0.110 e. The minimum Gasteiger partial charge on any atom is -0.0917 e. The van der Waals surface area contributed by atoms with Gasteiger partial charge in [0.1, 0.15) is 7.28 Å². The van der Waals surface area contributed by atoms with Crippen LogP contribution in [0.25, 0.3) is 0 Å². The first-order valence-electron chi connectivity index (χ1n) is 5.53. The molecule has 1 radical (unpaired) electrons. The lowest BCUT2D eigenvalue weighted by molar-refractivity contribution is 0.301. The van der Waals surface area contributed by atoms with E-state index >= 15 is 0 Å². The average molecular weight is 165 g/mol. The fourth-order valence-electron chi connectivity index (χ4n) is 2.29. The van der Waals surface area contributed by atoms with Crippen LogP contribution in [0.5, 0.6) is 0 Å². The molecule has 1 saturated carbocycles. The van der Waals surface area contributed by atoms with Gasteiger partial charge in [-0.25, -0.2) is 0 Å². The lowest BCUT2D eigenvalue weighted by Crippen LogP contribution is -2.15. The SMILES string of the molecule is C[B]C1CCCCC(C)C(C)C1. The predicted molar refractivity (Wildman–Crippen MR) is 56.8 cm³/mol. The highest BCUT2D eigenvalue weighted by Crippen LogP contribution is 2.32. The van der Waals surface area contributed by atoms with Crippen molar-refractivity contribution in [2.75, 3.05) is 0 Å². The van der Waals surface area contributed by atoms with Gasteiger partial charge >= 0.3 is 0 Å². The maximum Gasteiger partial charge on any atom is 0.110 e. The predicted octanol–water partition coefficient (Wildman–Crippen LogP) is 3.76. The molecule has 69 valence electrons. The molecule has 0 bridgehead atoms. The molecule has 0 spiro atoms. The van der Waals surface area contributed by atoms with Crippen molar-refractivity contribution in [1.29, 1.82) is 0 Å². The van der Waals surface area contributed by atoms with Crippen LogP contribution in [-0.2, 0) is 0 Å². The molecule has 1 rings (SSSR count). The summed E-state index contributed by atoms with van der Waals surface area (Å²) >= 11 is 0. The summed E-state index contributed by atoms with van der Waals surface area (Å²) in [5.41, 5.74) is 0. The van der Waals surface area contributed by atoms with Crippen LogP contribution in [0, 0.1) is 11.8 Å². The summed E-state index contributed by atoms with van der Waals surface area (Å²) in [6, 6.07) is 0. The van der Waals surface area contributed by atoms with E-state index in [0.717, 1.165) is 17.7 Å². The third-order valence-electron chi connectivity index (χ3n) is 3.60. The van der Waals surface area contributed by atoms with Crippen LogP contribution in [0.2, 0.25) is 12.6 Å². The monoisotopic (exact) mass is 165 g/mol. The van der Waals surface area contributed by atoms with Crippen molar-refractivity contribution in [3.63, 3.8) is 0 Å². The van der Waals surface area contributed by atoms with Crippen molar-refractivity contribution in [2.24, 2.45) is 11.8 Å². The quantitative estimate of drug-likeness (QED) is 0.519. The zero-order valence-electron chi connectivity index (χ0n) is 8.84. The van der Waals surface area contributed by atoms with E-state index in [0.29, 0.717) is 0 Å². The van der Waals surface area contributed by atoms with Crippen molar-refractivity contribution in [1.82, 2.24) is 0 Å². The first kappa shape index (κ1) is 10.1. The Morgan fingerprint density at radius 1 is 1.00 bits per heavy atom. The second-order valence-electron chi connectivity index (χ2n) is 4.57. The van der Waals surface area contributed by atoms with Crippen molar-refractivity contribution < 1.29 is 0 Å². The summed E-state index contributed by atoms with van der Waals surface area (Å²) < 4.78 is 0. The maximum absolute atomic E-state index is 2.42. The summed E-state index contributed by atoms with van der Waals surface area (Å²) in [5, 5.41) is 0. The third kappa shape index (κ3) is 2.84. The highest BCUT2D eigenvalue weighted by Gasteiger charge is 2.19. The first-order valence-corrected chi connectivity index (χ1v) is 5.53. The van der Waals surface area contributed by atoms with Gasteiger partial charge in [0.25, 0.3) is 0 Å². The van der Waals surface area contributed by atoms with Crippen molar-refractivity contribution >= 4 is 7.28 Å². The molecule has 1 aliphatic rings. The summed E-state index contributed by atoms with van der Waals surface area (Å²) in [6.07, 6.45) is 7.23. The molecule has 0 aliphatic heterocycles. The van der Waals surface area contributed by atoms with Gasteiger partial charge in [-0.1, -0.05) is 58.6 Å². The van der Waals surface area contributed by atoms with E-state index in [9.17, 15) is 0 Å². The lowest BCUT2D eigenvalue weighted by Gasteiger charge is -2.27. The molecule has 1 heteroatoms. The van der Waals surface area contributed by atoms with Gasteiger partial charge in [-0.05, 0) is 11.8 Å². The van der Waals surface area contributed by atoms with Crippen LogP contribution in [0.4, 0.5) is 0 Å². The summed E-state index contributed by atoms with van der Waals surface area (Å²) in [5.74, 6) is 2.79. The van der Waals surface area contributed by atoms with Gasteiger partial charge < -0.3 is 0 Å². The van der Waals surface area contributed by atoms with Gasteiger partial charge in [0.2, 0.25) is 0 Å². The molecular formula is C11H22B. The van der Waals surface area contributed by atoms with E-state index < -0.39 is 0 Å². The molecule has 0 nitrogen and oxygen atoms in total. The molecule has 0 saturated heterocycles. The Balaban J connectivity index is 2.40. The van der Waals surface area contributed by atoms with Crippen LogP contribution in [0.3, 0.4) is 0 Å². The van der Waals surface area contributed by atoms with E-state index in [-0.39, 0.29) is 0 Å². The Bertz CT molecular complexity index is 122. The summed E-state index contributed by atoms with van der Waals surface area (Å²) in [7, 11) is 2.41. The lowest BCUT2D eigenvalue weighted by atomic mass is 9.60. The smallest absolute Gasteiger partial charge is 0.0917 e. The molecule has 0 aromatic heterocycles. The second-order valence-corrected chi connectivity index (χ2v) is 4.57. The third-order valence-corrected chi connectivity index (χ3v) is 3.60. The van der Waals surface area contributed by atoms with E-state index in [1.807, 2.05) is 0 Å². The second kappa shape index (κ2) is 4.94. The van der Waals surface area contributed by atoms with Crippen molar-refractivity contribution in [3.8, 4) is 0 Å². The van der Waals surface area contributed by atoms with Gasteiger partial charge in [0.05, 0.1) is 0 Å². The van der Waals surface area contributed by atoms with Gasteiger partial charge in [-0.15, -0.1) is 0 Å². The minimum absolute atomic E-state index is 0.905. The fraction of sp³-hybridized carbons (Fsp3) is 1.00. The Morgan fingerprint density at radius 3 is 2.33 bits per heavy atom. The van der Waals surface area contributed by atoms with Gasteiger partial charge in [0.15, 0.2) is 0 Å². The van der Waals surface area contributed by atoms with Crippen molar-refractivity contribution in [2.45, 2.75) is 58.6 Å². The Labute approximate surface area is 78.4 Å². The van der Waals surface area contributed by atoms with E-state index in [4.69, 9.17) is 0 Å². The molecule has 0 aromatic carbocycles. The molecule has 3 atom stereocenters. The maximum atomic E-state index is 2.42. The van der Waals surface area contributed by atoms with E-state index in [1.54, 1.807) is 0 Å².